The van der Waals surface area contributed by atoms with Crippen molar-refractivity contribution in [1.29, 1.82) is 0 Å². The third kappa shape index (κ3) is 8.69. The summed E-state index contributed by atoms with van der Waals surface area (Å²) in [6, 6.07) is 3.44. The molecule has 0 unspecified atom stereocenters. The fourth-order valence-corrected chi connectivity index (χ4v) is 4.15. The largest absolute Gasteiger partial charge is 0.467 e. The molecule has 1 heterocycles. The summed E-state index contributed by atoms with van der Waals surface area (Å²) in [5.41, 5.74) is -8.99. The lowest BCUT2D eigenvalue weighted by Gasteiger charge is -2.34. The van der Waals surface area contributed by atoms with Crippen molar-refractivity contribution in [3.63, 3.8) is 0 Å². The summed E-state index contributed by atoms with van der Waals surface area (Å²) >= 11 is 0. The molecule has 4 rings (SSSR count). The summed E-state index contributed by atoms with van der Waals surface area (Å²) < 4.78 is 211. The van der Waals surface area contributed by atoms with E-state index in [1.807, 2.05) is 0 Å². The van der Waals surface area contributed by atoms with E-state index < -0.39 is 92.0 Å². The number of rotatable bonds is 3. The van der Waals surface area contributed by atoms with Crippen LogP contribution in [0, 0.1) is 12.7 Å². The van der Waals surface area contributed by atoms with Crippen molar-refractivity contribution in [3.8, 4) is 0 Å². The standard InChI is InChI=1S/C23H12B3F13O3.CH2F2/c1-11-8-12(20(28,29)30)2-5-17(11)24-40-25(18-6-3-13(21(31,32)33)9-15(18)22(34,35)36)42-26(41-24)19-7-4-14(27)10-16(19)23(37,38)39;2-1-3/h2-10H,1H3;1H2. The number of halogens is 15. The monoisotopic (exact) mass is 668 g/mol. The maximum absolute atomic E-state index is 13.9. The first kappa shape index (κ1) is 36.2. The molecule has 0 bridgehead atoms. The van der Waals surface area contributed by atoms with E-state index in [0.717, 1.165) is 13.0 Å². The second-order valence-electron chi connectivity index (χ2n) is 9.10. The first-order chi connectivity index (χ1) is 20.6. The summed E-state index contributed by atoms with van der Waals surface area (Å²) in [5, 5.41) is 0. The van der Waals surface area contributed by atoms with Gasteiger partial charge >= 0.3 is 46.1 Å². The smallest absolute Gasteiger partial charge is 0.445 e. The van der Waals surface area contributed by atoms with Gasteiger partial charge in [0.25, 0.3) is 0 Å². The van der Waals surface area contributed by atoms with Crippen molar-refractivity contribution in [2.24, 2.45) is 0 Å². The Hall–Kier alpha value is -3.32. The van der Waals surface area contributed by atoms with Crippen LogP contribution in [0.15, 0.2) is 54.6 Å². The van der Waals surface area contributed by atoms with E-state index in [2.05, 4.69) is 0 Å². The molecule has 0 atom stereocenters. The van der Waals surface area contributed by atoms with Crippen LogP contribution >= 0.6 is 0 Å². The lowest BCUT2D eigenvalue weighted by Crippen LogP contribution is -2.63. The molecule has 1 aliphatic rings. The van der Waals surface area contributed by atoms with E-state index in [1.54, 1.807) is 0 Å². The van der Waals surface area contributed by atoms with Crippen molar-refractivity contribution in [1.82, 2.24) is 0 Å². The molecule has 3 aromatic carbocycles. The van der Waals surface area contributed by atoms with Crippen LogP contribution < -0.4 is 16.4 Å². The van der Waals surface area contributed by atoms with Crippen molar-refractivity contribution in [2.45, 2.75) is 31.6 Å². The molecule has 0 radical (unpaired) electrons. The Kier molecular flexibility index (Phi) is 10.6. The fourth-order valence-electron chi connectivity index (χ4n) is 4.15. The molecule has 21 heteroatoms. The molecule has 1 fully saturated rings. The van der Waals surface area contributed by atoms with Crippen molar-refractivity contribution in [2.75, 3.05) is 6.93 Å². The molecule has 0 aliphatic carbocycles. The van der Waals surface area contributed by atoms with E-state index in [1.165, 1.54) is 0 Å². The lowest BCUT2D eigenvalue weighted by atomic mass is 9.59. The van der Waals surface area contributed by atoms with Gasteiger partial charge in [0.2, 0.25) is 6.93 Å². The molecular formula is C24H14B3F15O3. The van der Waals surface area contributed by atoms with E-state index in [0.29, 0.717) is 30.3 Å². The minimum atomic E-state index is -5.45. The molecule has 1 aliphatic heterocycles. The zero-order chi connectivity index (χ0) is 34.1. The first-order valence-electron chi connectivity index (χ1n) is 12.0. The lowest BCUT2D eigenvalue weighted by molar-refractivity contribution is -0.143. The normalized spacial score (nSPS) is 14.8. The van der Waals surface area contributed by atoms with Gasteiger partial charge in [0.05, 0.1) is 22.3 Å². The highest BCUT2D eigenvalue weighted by Gasteiger charge is 2.50. The SMILES string of the molecule is Cc1cc(C(F)(F)F)ccc1B1OB(c2ccc(F)cc2C(F)(F)F)OB(c2ccc(C(F)(F)F)cc2C(F)(F)F)O1.FCF. The van der Waals surface area contributed by atoms with Gasteiger partial charge < -0.3 is 13.7 Å². The van der Waals surface area contributed by atoms with Crippen LogP contribution in [0.2, 0.25) is 0 Å². The molecule has 242 valence electrons. The minimum Gasteiger partial charge on any atom is -0.445 e. The molecule has 45 heavy (non-hydrogen) atoms. The molecular weight excluding hydrogens is 654 g/mol. The van der Waals surface area contributed by atoms with Gasteiger partial charge in [-0.15, -0.1) is 0 Å². The van der Waals surface area contributed by atoms with Crippen molar-refractivity contribution >= 4 is 37.7 Å². The van der Waals surface area contributed by atoms with Crippen LogP contribution in [-0.4, -0.2) is 28.3 Å². The summed E-state index contributed by atoms with van der Waals surface area (Å²) in [4.78, 5) is 0. The van der Waals surface area contributed by atoms with Gasteiger partial charge in [-0.1, -0.05) is 35.9 Å². The number of hydrogen-bond acceptors (Lipinski definition) is 3. The van der Waals surface area contributed by atoms with Gasteiger partial charge in [-0.2, -0.15) is 52.7 Å². The Balaban J connectivity index is 0.00000177. The molecule has 1 saturated heterocycles. The van der Waals surface area contributed by atoms with Gasteiger partial charge in [-0.25, -0.2) is 13.2 Å². The van der Waals surface area contributed by atoms with Gasteiger partial charge in [-0.05, 0) is 47.6 Å². The van der Waals surface area contributed by atoms with Crippen LogP contribution in [0.1, 0.15) is 27.8 Å². The highest BCUT2D eigenvalue weighted by Crippen LogP contribution is 2.36. The Morgan fingerprint density at radius 2 is 0.867 bits per heavy atom. The molecule has 3 aromatic rings. The number of aryl methyl sites for hydroxylation is 1. The van der Waals surface area contributed by atoms with Gasteiger partial charge in [0.15, 0.2) is 0 Å². The van der Waals surface area contributed by atoms with Gasteiger partial charge in [0, 0.05) is 0 Å². The molecule has 0 N–H and O–H groups in total. The maximum Gasteiger partial charge on any atom is 0.467 e. The Morgan fingerprint density at radius 1 is 0.511 bits per heavy atom. The third-order valence-corrected chi connectivity index (χ3v) is 6.11. The average molecular weight is 668 g/mol. The minimum absolute atomic E-state index is 0.0458. The van der Waals surface area contributed by atoms with Crippen LogP contribution in [0.3, 0.4) is 0 Å². The Bertz CT molecular complexity index is 1490. The van der Waals surface area contributed by atoms with E-state index in [-0.39, 0.29) is 29.2 Å². The quantitative estimate of drug-likeness (QED) is 0.232. The summed E-state index contributed by atoms with van der Waals surface area (Å²) in [5.74, 6) is -1.35. The predicted molar refractivity (Wildman–Crippen MR) is 131 cm³/mol. The third-order valence-electron chi connectivity index (χ3n) is 6.11. The van der Waals surface area contributed by atoms with Crippen molar-refractivity contribution < 1.29 is 79.6 Å². The predicted octanol–water partition coefficient (Wildman–Crippen LogP) is 6.64. The highest BCUT2D eigenvalue weighted by molar-refractivity contribution is 6.87. The highest BCUT2D eigenvalue weighted by atomic mass is 19.4. The van der Waals surface area contributed by atoms with Crippen LogP contribution in [0.25, 0.3) is 0 Å². The number of hydrogen-bond donors (Lipinski definition) is 0. The van der Waals surface area contributed by atoms with Gasteiger partial charge in [0.1, 0.15) is 5.82 Å². The average Bonchev–Trinajstić information content (AvgIpc) is 2.91. The second kappa shape index (κ2) is 13.2. The molecule has 0 amide bonds. The van der Waals surface area contributed by atoms with Gasteiger partial charge in [-0.3, -0.25) is 0 Å². The van der Waals surface area contributed by atoms with E-state index in [9.17, 15) is 65.9 Å². The van der Waals surface area contributed by atoms with E-state index in [4.69, 9.17) is 13.7 Å². The summed E-state index contributed by atoms with van der Waals surface area (Å²) in [7, 11) is -6.64. The summed E-state index contributed by atoms with van der Waals surface area (Å²) in [6.45, 7) is -0.630. The topological polar surface area (TPSA) is 27.7 Å². The Labute approximate surface area is 244 Å². The summed E-state index contributed by atoms with van der Waals surface area (Å²) in [6.07, 6.45) is -20.7. The second-order valence-corrected chi connectivity index (χ2v) is 9.10. The van der Waals surface area contributed by atoms with Crippen LogP contribution in [0.4, 0.5) is 65.9 Å². The number of benzene rings is 3. The maximum atomic E-state index is 13.9. The molecule has 3 nitrogen and oxygen atoms in total. The first-order valence-corrected chi connectivity index (χ1v) is 12.0. The zero-order valence-electron chi connectivity index (χ0n) is 22.0. The van der Waals surface area contributed by atoms with E-state index >= 15 is 0 Å². The van der Waals surface area contributed by atoms with Crippen molar-refractivity contribution in [3.05, 3.63) is 88.2 Å². The number of alkyl halides is 14. The fraction of sp³-hybridized carbons (Fsp3) is 0.250. The molecule has 0 aromatic heterocycles. The molecule has 0 saturated carbocycles. The van der Waals surface area contributed by atoms with Crippen LogP contribution in [-0.2, 0) is 38.4 Å². The van der Waals surface area contributed by atoms with Crippen LogP contribution in [0.5, 0.6) is 0 Å². The molecule has 0 spiro atoms. The Morgan fingerprint density at radius 3 is 1.27 bits per heavy atom. The zero-order valence-corrected chi connectivity index (χ0v) is 22.0.